The van der Waals surface area contributed by atoms with Gasteiger partial charge in [0.25, 0.3) is 5.91 Å². The number of aryl methyl sites for hydroxylation is 3. The van der Waals surface area contributed by atoms with Gasteiger partial charge < -0.3 is 5.32 Å². The molecule has 0 aliphatic rings. The van der Waals surface area contributed by atoms with Crippen molar-refractivity contribution in [3.8, 4) is 0 Å². The van der Waals surface area contributed by atoms with Gasteiger partial charge in [0.15, 0.2) is 0 Å². The summed E-state index contributed by atoms with van der Waals surface area (Å²) >= 11 is 3.30. The van der Waals surface area contributed by atoms with Crippen molar-refractivity contribution in [1.29, 1.82) is 0 Å². The van der Waals surface area contributed by atoms with Crippen LogP contribution >= 0.6 is 23.1 Å². The first-order valence-corrected chi connectivity index (χ1v) is 13.1. The molecule has 0 saturated heterocycles. The van der Waals surface area contributed by atoms with Crippen LogP contribution < -0.4 is 10.0 Å². The lowest BCUT2D eigenvalue weighted by atomic mass is 10.2. The van der Waals surface area contributed by atoms with Crippen molar-refractivity contribution in [3.05, 3.63) is 75.2 Å². The maximum absolute atomic E-state index is 12.5. The van der Waals surface area contributed by atoms with E-state index in [4.69, 9.17) is 0 Å². The van der Waals surface area contributed by atoms with E-state index in [0.29, 0.717) is 11.1 Å². The molecule has 0 bridgehead atoms. The van der Waals surface area contributed by atoms with Gasteiger partial charge in [-0.1, -0.05) is 12.1 Å². The molecule has 31 heavy (non-hydrogen) atoms. The number of nitrogens with zero attached hydrogens (tertiary/aromatic N) is 1. The lowest BCUT2D eigenvalue weighted by Gasteiger charge is -2.11. The molecule has 1 amide bonds. The van der Waals surface area contributed by atoms with E-state index in [1.54, 1.807) is 54.3 Å². The molecule has 0 aliphatic carbocycles. The summed E-state index contributed by atoms with van der Waals surface area (Å²) in [6.07, 6.45) is 0. The highest BCUT2D eigenvalue weighted by atomic mass is 32.2. The van der Waals surface area contributed by atoms with Gasteiger partial charge in [-0.25, -0.2) is 18.1 Å². The van der Waals surface area contributed by atoms with Gasteiger partial charge in [0.2, 0.25) is 10.0 Å². The Balaban J connectivity index is 1.46. The molecule has 0 aliphatic heterocycles. The zero-order valence-electron chi connectivity index (χ0n) is 17.6. The van der Waals surface area contributed by atoms with Crippen molar-refractivity contribution in [2.75, 3.05) is 13.1 Å². The molecular formula is C22H25N3O3S3. The molecule has 0 saturated carbocycles. The highest BCUT2D eigenvalue weighted by molar-refractivity contribution is 7.98. The fourth-order valence-corrected chi connectivity index (χ4v) is 5.74. The second kappa shape index (κ2) is 10.4. The monoisotopic (exact) mass is 475 g/mol. The third kappa shape index (κ3) is 6.64. The van der Waals surface area contributed by atoms with Crippen LogP contribution in [-0.4, -0.2) is 32.4 Å². The van der Waals surface area contributed by atoms with Crippen molar-refractivity contribution in [3.63, 3.8) is 0 Å². The van der Waals surface area contributed by atoms with E-state index < -0.39 is 10.0 Å². The normalized spacial score (nSPS) is 11.5. The lowest BCUT2D eigenvalue weighted by molar-refractivity contribution is 0.0954. The second-order valence-corrected chi connectivity index (χ2v) is 10.9. The number of nitrogens with one attached hydrogen (secondary N) is 2. The van der Waals surface area contributed by atoms with Crippen molar-refractivity contribution < 1.29 is 13.2 Å². The molecule has 0 radical (unpaired) electrons. The van der Waals surface area contributed by atoms with E-state index in [9.17, 15) is 13.2 Å². The standard InChI is InChI=1S/C22H25N3O3S3/c1-15-4-5-16(2)21(12-15)31(27,28)24-11-10-23-22(26)18-6-8-20(9-7-18)30-14-19-13-29-17(3)25-19/h4-9,12-13,24H,10-11,14H2,1-3H3,(H,23,26). The summed E-state index contributed by atoms with van der Waals surface area (Å²) in [5.74, 6) is 0.550. The van der Waals surface area contributed by atoms with Gasteiger partial charge in [0.1, 0.15) is 0 Å². The average Bonchev–Trinajstić information content (AvgIpc) is 3.16. The fraction of sp³-hybridized carbons (Fsp3) is 0.273. The first kappa shape index (κ1) is 23.5. The Morgan fingerprint density at radius 1 is 1.06 bits per heavy atom. The molecular weight excluding hydrogens is 450 g/mol. The largest absolute Gasteiger partial charge is 0.351 e. The predicted octanol–water partition coefficient (Wildman–Crippen LogP) is 4.07. The zero-order chi connectivity index (χ0) is 22.4. The third-order valence-corrected chi connectivity index (χ3v) is 7.98. The lowest BCUT2D eigenvalue weighted by Crippen LogP contribution is -2.35. The molecule has 2 N–H and O–H groups in total. The summed E-state index contributed by atoms with van der Waals surface area (Å²) in [4.78, 5) is 18.1. The minimum atomic E-state index is -3.62. The van der Waals surface area contributed by atoms with Crippen LogP contribution in [0.3, 0.4) is 0 Å². The molecule has 0 spiro atoms. The number of carbonyl (C=O) groups excluding carboxylic acids is 1. The molecule has 1 heterocycles. The summed E-state index contributed by atoms with van der Waals surface area (Å²) in [5, 5.41) is 5.86. The Bertz CT molecular complexity index is 1160. The van der Waals surface area contributed by atoms with Crippen molar-refractivity contribution in [1.82, 2.24) is 15.0 Å². The van der Waals surface area contributed by atoms with Crippen LogP contribution in [0.4, 0.5) is 0 Å². The first-order chi connectivity index (χ1) is 14.7. The van der Waals surface area contributed by atoms with Crippen LogP contribution in [0.1, 0.15) is 32.2 Å². The average molecular weight is 476 g/mol. The summed E-state index contributed by atoms with van der Waals surface area (Å²) in [5.41, 5.74) is 3.15. The molecule has 2 aromatic carbocycles. The van der Waals surface area contributed by atoms with E-state index in [-0.39, 0.29) is 23.9 Å². The summed E-state index contributed by atoms with van der Waals surface area (Å²) < 4.78 is 27.5. The van der Waals surface area contributed by atoms with Crippen molar-refractivity contribution in [2.45, 2.75) is 36.3 Å². The molecule has 3 aromatic rings. The van der Waals surface area contributed by atoms with Crippen molar-refractivity contribution >= 4 is 39.0 Å². The van der Waals surface area contributed by atoms with Crippen molar-refractivity contribution in [2.24, 2.45) is 0 Å². The van der Waals surface area contributed by atoms with Crippen LogP contribution in [0.2, 0.25) is 0 Å². The molecule has 0 unspecified atom stereocenters. The van der Waals surface area contributed by atoms with Gasteiger partial charge in [0, 0.05) is 34.7 Å². The number of aromatic nitrogens is 1. The maximum Gasteiger partial charge on any atom is 0.251 e. The highest BCUT2D eigenvalue weighted by Gasteiger charge is 2.16. The number of hydrogen-bond acceptors (Lipinski definition) is 6. The molecule has 164 valence electrons. The number of thioether (sulfide) groups is 1. The van der Waals surface area contributed by atoms with Gasteiger partial charge in [0.05, 0.1) is 15.6 Å². The van der Waals surface area contributed by atoms with E-state index >= 15 is 0 Å². The number of hydrogen-bond donors (Lipinski definition) is 2. The van der Waals surface area contributed by atoms with E-state index in [0.717, 1.165) is 26.9 Å². The minimum Gasteiger partial charge on any atom is -0.351 e. The molecule has 1 aromatic heterocycles. The topological polar surface area (TPSA) is 88.2 Å². The van der Waals surface area contributed by atoms with Crippen LogP contribution in [-0.2, 0) is 15.8 Å². The molecule has 0 fully saturated rings. The number of thiazole rings is 1. The van der Waals surface area contributed by atoms with Crippen LogP contribution in [0.15, 0.2) is 57.6 Å². The minimum absolute atomic E-state index is 0.114. The summed E-state index contributed by atoms with van der Waals surface area (Å²) in [7, 11) is -3.62. The smallest absolute Gasteiger partial charge is 0.251 e. The SMILES string of the molecule is Cc1ccc(C)c(S(=O)(=O)NCCNC(=O)c2ccc(SCc3csc(C)n3)cc2)c1. The van der Waals surface area contributed by atoms with E-state index in [1.165, 1.54) is 0 Å². The number of benzene rings is 2. The quantitative estimate of drug-likeness (QED) is 0.360. The molecule has 9 heteroatoms. The van der Waals surface area contributed by atoms with Gasteiger partial charge in [-0.05, 0) is 62.2 Å². The van der Waals surface area contributed by atoms with Crippen LogP contribution in [0.5, 0.6) is 0 Å². The number of amides is 1. The maximum atomic E-state index is 12.5. The first-order valence-electron chi connectivity index (χ1n) is 9.73. The van der Waals surface area contributed by atoms with Crippen LogP contribution in [0.25, 0.3) is 0 Å². The summed E-state index contributed by atoms with van der Waals surface area (Å²) in [6, 6.07) is 12.6. The predicted molar refractivity (Wildman–Crippen MR) is 126 cm³/mol. The Labute approximate surface area is 191 Å². The number of rotatable bonds is 9. The third-order valence-electron chi connectivity index (χ3n) is 4.51. The summed E-state index contributed by atoms with van der Waals surface area (Å²) in [6.45, 7) is 5.91. The molecule has 6 nitrogen and oxygen atoms in total. The van der Waals surface area contributed by atoms with Gasteiger partial charge >= 0.3 is 0 Å². The number of sulfonamides is 1. The second-order valence-electron chi connectivity index (χ2n) is 7.09. The molecule has 0 atom stereocenters. The van der Waals surface area contributed by atoms with E-state index in [1.807, 2.05) is 32.0 Å². The van der Waals surface area contributed by atoms with E-state index in [2.05, 4.69) is 20.4 Å². The Kier molecular flexibility index (Phi) is 7.88. The Hall–Kier alpha value is -2.20. The Morgan fingerprint density at radius 3 is 2.48 bits per heavy atom. The fourth-order valence-electron chi connectivity index (χ4n) is 2.87. The Morgan fingerprint density at radius 2 is 1.81 bits per heavy atom. The van der Waals surface area contributed by atoms with Crippen LogP contribution in [0, 0.1) is 20.8 Å². The molecule has 3 rings (SSSR count). The highest BCUT2D eigenvalue weighted by Crippen LogP contribution is 2.24. The van der Waals surface area contributed by atoms with Gasteiger partial charge in [-0.3, -0.25) is 4.79 Å². The van der Waals surface area contributed by atoms with Gasteiger partial charge in [-0.15, -0.1) is 23.1 Å². The number of carbonyl (C=O) groups is 1. The van der Waals surface area contributed by atoms with Gasteiger partial charge in [-0.2, -0.15) is 0 Å². The zero-order valence-corrected chi connectivity index (χ0v) is 20.1.